The number of carbonyl (C=O) groups is 2. The highest BCUT2D eigenvalue weighted by Gasteiger charge is 2.35. The number of amides is 2. The van der Waals surface area contributed by atoms with Crippen molar-refractivity contribution in [2.24, 2.45) is 0 Å². The maximum Gasteiger partial charge on any atom is 0.262 e. The number of rotatable bonds is 2. The van der Waals surface area contributed by atoms with E-state index in [1.807, 2.05) is 6.07 Å². The van der Waals surface area contributed by atoms with Gasteiger partial charge in [-0.3, -0.25) is 9.59 Å². The molecule has 0 radical (unpaired) electrons. The molecule has 0 unspecified atom stereocenters. The van der Waals surface area contributed by atoms with E-state index in [9.17, 15) is 9.59 Å². The molecule has 0 aliphatic carbocycles. The van der Waals surface area contributed by atoms with Crippen LogP contribution in [0.15, 0.2) is 41.5 Å². The zero-order valence-electron chi connectivity index (χ0n) is 8.74. The van der Waals surface area contributed by atoms with Gasteiger partial charge >= 0.3 is 0 Å². The van der Waals surface area contributed by atoms with Crippen molar-refractivity contribution in [1.82, 2.24) is 0 Å². The predicted octanol–water partition coefficient (Wildman–Crippen LogP) is 2.27. The van der Waals surface area contributed by atoms with E-state index >= 15 is 0 Å². The van der Waals surface area contributed by atoms with Crippen molar-refractivity contribution in [2.45, 2.75) is 6.92 Å². The average Bonchev–Trinajstić information content (AvgIpc) is 2.51. The van der Waals surface area contributed by atoms with Gasteiger partial charge in [0.1, 0.15) is 0 Å². The molecule has 0 atom stereocenters. The first-order valence-electron chi connectivity index (χ1n) is 4.86. The Labute approximate surface area is 102 Å². The lowest BCUT2D eigenvalue weighted by Gasteiger charge is -2.14. The fraction of sp³-hybridized carbons (Fsp3) is 0.167. The quantitative estimate of drug-likeness (QED) is 0.615. The van der Waals surface area contributed by atoms with E-state index in [-0.39, 0.29) is 11.8 Å². The number of hydrogen-bond donors (Lipinski definition) is 0. The number of anilines is 1. The van der Waals surface area contributed by atoms with Crippen LogP contribution in [0.4, 0.5) is 5.69 Å². The zero-order valence-corrected chi connectivity index (χ0v) is 10.3. The normalized spacial score (nSPS) is 16.2. The van der Waals surface area contributed by atoms with Crippen molar-refractivity contribution in [2.75, 3.05) is 10.2 Å². The van der Waals surface area contributed by atoms with Crippen LogP contribution in [0.1, 0.15) is 6.92 Å². The van der Waals surface area contributed by atoms with Crippen molar-refractivity contribution in [3.05, 3.63) is 41.5 Å². The van der Waals surface area contributed by atoms with Crippen molar-refractivity contribution in [1.29, 1.82) is 0 Å². The molecule has 82 valence electrons. The van der Waals surface area contributed by atoms with Crippen molar-refractivity contribution < 1.29 is 9.59 Å². The molecule has 0 saturated heterocycles. The SMILES string of the molecule is CC1=C(CBr)C(=O)N(c2ccccc2)C1=O. The molecule has 2 rings (SSSR count). The summed E-state index contributed by atoms with van der Waals surface area (Å²) in [7, 11) is 0. The molecule has 1 aromatic carbocycles. The highest BCUT2D eigenvalue weighted by Crippen LogP contribution is 2.27. The first-order valence-corrected chi connectivity index (χ1v) is 5.98. The smallest absolute Gasteiger partial charge is 0.262 e. The molecule has 16 heavy (non-hydrogen) atoms. The third-order valence-electron chi connectivity index (χ3n) is 2.59. The lowest BCUT2D eigenvalue weighted by atomic mass is 10.2. The van der Waals surface area contributed by atoms with Crippen LogP contribution in [-0.2, 0) is 9.59 Å². The first-order chi connectivity index (χ1) is 7.66. The lowest BCUT2D eigenvalue weighted by Crippen LogP contribution is -2.31. The molecule has 1 heterocycles. The van der Waals surface area contributed by atoms with Gasteiger partial charge in [0, 0.05) is 16.5 Å². The van der Waals surface area contributed by atoms with Gasteiger partial charge in [0.05, 0.1) is 5.69 Å². The summed E-state index contributed by atoms with van der Waals surface area (Å²) in [6.07, 6.45) is 0. The Morgan fingerprint density at radius 3 is 2.25 bits per heavy atom. The van der Waals surface area contributed by atoms with E-state index in [0.29, 0.717) is 22.2 Å². The van der Waals surface area contributed by atoms with E-state index in [1.165, 1.54) is 4.90 Å². The minimum Gasteiger partial charge on any atom is -0.269 e. The van der Waals surface area contributed by atoms with Gasteiger partial charge in [0.25, 0.3) is 11.8 Å². The number of halogens is 1. The molecule has 3 nitrogen and oxygen atoms in total. The predicted molar refractivity (Wildman–Crippen MR) is 65.4 cm³/mol. The fourth-order valence-electron chi connectivity index (χ4n) is 1.65. The van der Waals surface area contributed by atoms with Crippen LogP contribution in [0.3, 0.4) is 0 Å². The Hall–Kier alpha value is -1.42. The molecule has 0 fully saturated rings. The fourth-order valence-corrected chi connectivity index (χ4v) is 2.31. The first kappa shape index (κ1) is 11.1. The largest absolute Gasteiger partial charge is 0.269 e. The van der Waals surface area contributed by atoms with Crippen LogP contribution in [0.5, 0.6) is 0 Å². The van der Waals surface area contributed by atoms with Crippen LogP contribution in [0.25, 0.3) is 0 Å². The van der Waals surface area contributed by atoms with Crippen molar-refractivity contribution in [3.63, 3.8) is 0 Å². The van der Waals surface area contributed by atoms with Gasteiger partial charge in [-0.2, -0.15) is 0 Å². The molecule has 0 N–H and O–H groups in total. The van der Waals surface area contributed by atoms with Gasteiger partial charge in [0.2, 0.25) is 0 Å². The Kier molecular flexibility index (Phi) is 2.92. The molecule has 0 bridgehead atoms. The number of imide groups is 1. The molecule has 0 spiro atoms. The highest BCUT2D eigenvalue weighted by atomic mass is 79.9. The Morgan fingerprint density at radius 1 is 1.12 bits per heavy atom. The standard InChI is InChI=1S/C12H10BrNO2/c1-8-10(7-13)12(16)14(11(8)15)9-5-3-2-4-6-9/h2-6H,7H2,1H3. The highest BCUT2D eigenvalue weighted by molar-refractivity contribution is 9.09. The number of alkyl halides is 1. The van der Waals surface area contributed by atoms with E-state index in [2.05, 4.69) is 15.9 Å². The minimum absolute atomic E-state index is 0.231. The molecule has 2 amide bonds. The van der Waals surface area contributed by atoms with E-state index in [0.717, 1.165) is 0 Å². The monoisotopic (exact) mass is 279 g/mol. The van der Waals surface area contributed by atoms with Crippen LogP contribution in [-0.4, -0.2) is 17.1 Å². The Balaban J connectivity index is 2.42. The summed E-state index contributed by atoms with van der Waals surface area (Å²) in [4.78, 5) is 25.1. The van der Waals surface area contributed by atoms with Crippen LogP contribution in [0.2, 0.25) is 0 Å². The van der Waals surface area contributed by atoms with Crippen LogP contribution in [0, 0.1) is 0 Å². The van der Waals surface area contributed by atoms with Gasteiger partial charge in [-0.15, -0.1) is 0 Å². The molecule has 4 heteroatoms. The van der Waals surface area contributed by atoms with E-state index in [1.54, 1.807) is 31.2 Å². The molecule has 0 saturated carbocycles. The zero-order chi connectivity index (χ0) is 11.7. The lowest BCUT2D eigenvalue weighted by molar-refractivity contribution is -0.120. The number of benzene rings is 1. The van der Waals surface area contributed by atoms with Crippen LogP contribution < -0.4 is 4.90 Å². The number of nitrogens with zero attached hydrogens (tertiary/aromatic N) is 1. The van der Waals surface area contributed by atoms with Crippen molar-refractivity contribution >= 4 is 33.4 Å². The molecule has 0 aromatic heterocycles. The minimum atomic E-state index is -0.231. The summed E-state index contributed by atoms with van der Waals surface area (Å²) < 4.78 is 0. The summed E-state index contributed by atoms with van der Waals surface area (Å²) in [6.45, 7) is 1.68. The summed E-state index contributed by atoms with van der Waals surface area (Å²) in [6, 6.07) is 8.95. The van der Waals surface area contributed by atoms with Gasteiger partial charge in [0.15, 0.2) is 0 Å². The van der Waals surface area contributed by atoms with E-state index < -0.39 is 0 Å². The topological polar surface area (TPSA) is 37.4 Å². The Morgan fingerprint density at radius 2 is 1.75 bits per heavy atom. The maximum absolute atomic E-state index is 12.0. The van der Waals surface area contributed by atoms with Crippen molar-refractivity contribution in [3.8, 4) is 0 Å². The summed E-state index contributed by atoms with van der Waals surface area (Å²) in [5, 5.41) is 0.409. The van der Waals surface area contributed by atoms with E-state index in [4.69, 9.17) is 0 Å². The second-order valence-electron chi connectivity index (χ2n) is 3.52. The third-order valence-corrected chi connectivity index (χ3v) is 3.15. The van der Waals surface area contributed by atoms with Crippen LogP contribution >= 0.6 is 15.9 Å². The Bertz CT molecular complexity index is 479. The summed E-state index contributed by atoms with van der Waals surface area (Å²) in [5.74, 6) is -0.462. The molecular weight excluding hydrogens is 270 g/mol. The molecule has 1 aliphatic heterocycles. The number of carbonyl (C=O) groups excluding carboxylic acids is 2. The molecule has 1 aliphatic rings. The van der Waals surface area contributed by atoms with Gasteiger partial charge < -0.3 is 0 Å². The second-order valence-corrected chi connectivity index (χ2v) is 4.08. The third kappa shape index (κ3) is 1.59. The maximum atomic E-state index is 12.0. The molecule has 1 aromatic rings. The van der Waals surface area contributed by atoms with Gasteiger partial charge in [-0.05, 0) is 19.1 Å². The summed E-state index contributed by atoms with van der Waals surface area (Å²) in [5.41, 5.74) is 1.67. The van der Waals surface area contributed by atoms with Gasteiger partial charge in [-0.25, -0.2) is 4.90 Å². The summed E-state index contributed by atoms with van der Waals surface area (Å²) >= 11 is 3.23. The number of para-hydroxylation sites is 1. The number of hydrogen-bond acceptors (Lipinski definition) is 2. The average molecular weight is 280 g/mol. The molecular formula is C12H10BrNO2. The van der Waals surface area contributed by atoms with Gasteiger partial charge in [-0.1, -0.05) is 34.1 Å². The second kappa shape index (κ2) is 4.22.